The summed E-state index contributed by atoms with van der Waals surface area (Å²) in [4.78, 5) is 20.5. The summed E-state index contributed by atoms with van der Waals surface area (Å²) in [7, 11) is 0. The van der Waals surface area contributed by atoms with Gasteiger partial charge in [-0.1, -0.05) is 43.7 Å². The largest absolute Gasteiger partial charge is 0.348 e. The summed E-state index contributed by atoms with van der Waals surface area (Å²) in [5.41, 5.74) is 5.78. The third-order valence-corrected chi connectivity index (χ3v) is 6.80. The van der Waals surface area contributed by atoms with E-state index in [2.05, 4.69) is 74.8 Å². The van der Waals surface area contributed by atoms with Gasteiger partial charge in [-0.05, 0) is 75.4 Å². The number of nitrogens with one attached hydrogen (secondary N) is 2. The van der Waals surface area contributed by atoms with Crippen molar-refractivity contribution in [2.75, 3.05) is 19.6 Å². The third kappa shape index (κ3) is 6.45. The topological polar surface area (TPSA) is 63.8 Å². The molecule has 6 heteroatoms. The number of H-pyrrole nitrogens is 2. The molecule has 0 bridgehead atoms. The van der Waals surface area contributed by atoms with Crippen molar-refractivity contribution in [3.63, 3.8) is 0 Å². The maximum absolute atomic E-state index is 4.50. The van der Waals surface area contributed by atoms with Crippen LogP contribution in [0.25, 0.3) is 6.08 Å². The first-order valence-corrected chi connectivity index (χ1v) is 12.9. The fraction of sp³-hybridized carbons (Fsp3) is 0.500. The van der Waals surface area contributed by atoms with E-state index >= 15 is 0 Å². The van der Waals surface area contributed by atoms with Crippen molar-refractivity contribution < 1.29 is 0 Å². The molecule has 34 heavy (non-hydrogen) atoms. The van der Waals surface area contributed by atoms with Crippen molar-refractivity contribution >= 4 is 6.08 Å². The van der Waals surface area contributed by atoms with Gasteiger partial charge in [-0.15, -0.1) is 0 Å². The molecule has 2 aromatic heterocycles. The van der Waals surface area contributed by atoms with E-state index in [1.807, 2.05) is 24.8 Å². The summed E-state index contributed by atoms with van der Waals surface area (Å²) in [6.45, 7) is 12.0. The fourth-order valence-electron chi connectivity index (χ4n) is 5.03. The molecule has 1 aliphatic carbocycles. The van der Waals surface area contributed by atoms with Gasteiger partial charge in [-0.3, -0.25) is 4.90 Å². The highest BCUT2D eigenvalue weighted by Crippen LogP contribution is 2.30. The Morgan fingerprint density at radius 1 is 0.971 bits per heavy atom. The van der Waals surface area contributed by atoms with Crippen LogP contribution >= 0.6 is 0 Å². The summed E-state index contributed by atoms with van der Waals surface area (Å²) >= 11 is 0. The van der Waals surface area contributed by atoms with Crippen LogP contribution in [-0.2, 0) is 19.5 Å². The van der Waals surface area contributed by atoms with Gasteiger partial charge >= 0.3 is 0 Å². The van der Waals surface area contributed by atoms with E-state index in [9.17, 15) is 0 Å². The molecule has 0 spiro atoms. The number of fused-ring (bicyclic) bond motifs is 1. The Bertz CT molecular complexity index is 1020. The zero-order chi connectivity index (χ0) is 23.8. The number of aromatic nitrogens is 4. The smallest absolute Gasteiger partial charge is 0.123 e. The van der Waals surface area contributed by atoms with Gasteiger partial charge in [-0.2, -0.15) is 0 Å². The maximum Gasteiger partial charge on any atom is 0.123 e. The van der Waals surface area contributed by atoms with Crippen molar-refractivity contribution in [1.82, 2.24) is 29.7 Å². The van der Waals surface area contributed by atoms with Gasteiger partial charge in [0.25, 0.3) is 0 Å². The molecule has 1 aliphatic rings. The van der Waals surface area contributed by atoms with Gasteiger partial charge in [0.15, 0.2) is 0 Å². The highest BCUT2D eigenvalue weighted by atomic mass is 15.2. The molecule has 0 saturated heterocycles. The minimum atomic E-state index is 0.161. The molecule has 6 nitrogen and oxygen atoms in total. The molecule has 2 heterocycles. The molecular weight excluding hydrogens is 420 g/mol. The molecule has 1 atom stereocenters. The Kier molecular flexibility index (Phi) is 8.72. The summed E-state index contributed by atoms with van der Waals surface area (Å²) in [6, 6.07) is 7.17. The Balaban J connectivity index is 1.40. The monoisotopic (exact) mass is 460 g/mol. The van der Waals surface area contributed by atoms with Crippen molar-refractivity contribution in [2.24, 2.45) is 0 Å². The average Bonchev–Trinajstić information content (AvgIpc) is 3.60. The normalized spacial score (nSPS) is 14.1. The Labute approximate surface area is 204 Å². The lowest BCUT2D eigenvalue weighted by atomic mass is 10.0. The van der Waals surface area contributed by atoms with Crippen molar-refractivity contribution in [3.8, 4) is 0 Å². The van der Waals surface area contributed by atoms with Gasteiger partial charge in [0.1, 0.15) is 11.6 Å². The van der Waals surface area contributed by atoms with E-state index in [1.54, 1.807) is 5.57 Å². The minimum Gasteiger partial charge on any atom is -0.348 e. The van der Waals surface area contributed by atoms with Crippen LogP contribution in [0.4, 0.5) is 0 Å². The van der Waals surface area contributed by atoms with Crippen LogP contribution in [0.15, 0.2) is 48.6 Å². The second-order valence-corrected chi connectivity index (χ2v) is 9.55. The zero-order valence-electron chi connectivity index (χ0n) is 21.1. The molecule has 0 radical (unpaired) electrons. The van der Waals surface area contributed by atoms with Crippen LogP contribution in [0.3, 0.4) is 0 Å². The van der Waals surface area contributed by atoms with E-state index in [-0.39, 0.29) is 6.04 Å². The van der Waals surface area contributed by atoms with Crippen LogP contribution in [0.1, 0.15) is 80.8 Å². The van der Waals surface area contributed by atoms with E-state index in [0.717, 1.165) is 31.2 Å². The van der Waals surface area contributed by atoms with Gasteiger partial charge < -0.3 is 14.9 Å². The van der Waals surface area contributed by atoms with Crippen LogP contribution in [0, 0.1) is 0 Å². The molecule has 0 fully saturated rings. The molecule has 1 aromatic carbocycles. The molecular formula is C28H40N6. The number of aromatic amines is 2. The lowest BCUT2D eigenvalue weighted by molar-refractivity contribution is 0.181. The molecule has 2 N–H and O–H groups in total. The summed E-state index contributed by atoms with van der Waals surface area (Å²) in [5.74, 6) is 1.96. The molecule has 0 amide bonds. The molecule has 182 valence electrons. The van der Waals surface area contributed by atoms with Crippen molar-refractivity contribution in [1.29, 1.82) is 0 Å². The minimum absolute atomic E-state index is 0.161. The average molecular weight is 461 g/mol. The van der Waals surface area contributed by atoms with Crippen molar-refractivity contribution in [3.05, 3.63) is 76.9 Å². The second-order valence-electron chi connectivity index (χ2n) is 9.55. The number of allylic oxidation sites excluding steroid dienone is 1. The number of hydrogen-bond acceptors (Lipinski definition) is 4. The number of hydrogen-bond donors (Lipinski definition) is 2. The Morgan fingerprint density at radius 3 is 2.47 bits per heavy atom. The Morgan fingerprint density at radius 2 is 1.76 bits per heavy atom. The van der Waals surface area contributed by atoms with E-state index in [0.29, 0.717) is 0 Å². The van der Waals surface area contributed by atoms with Crippen molar-refractivity contribution in [2.45, 2.75) is 72.0 Å². The quantitative estimate of drug-likeness (QED) is 0.322. The van der Waals surface area contributed by atoms with E-state index < -0.39 is 0 Å². The molecule has 1 unspecified atom stereocenters. The molecule has 3 aromatic rings. The zero-order valence-corrected chi connectivity index (χ0v) is 21.1. The number of rotatable bonds is 14. The van der Waals surface area contributed by atoms with Crippen LogP contribution in [-0.4, -0.2) is 49.4 Å². The molecule has 0 aliphatic heterocycles. The highest BCUT2D eigenvalue weighted by Gasteiger charge is 2.21. The first-order valence-electron chi connectivity index (χ1n) is 12.9. The number of nitrogens with zero attached hydrogens (tertiary/aromatic N) is 4. The molecule has 4 rings (SSSR count). The Hall–Kier alpha value is -2.70. The number of benzene rings is 1. The lowest BCUT2D eigenvalue weighted by Gasteiger charge is -2.27. The van der Waals surface area contributed by atoms with Gasteiger partial charge in [-0.25, -0.2) is 9.97 Å². The maximum atomic E-state index is 4.50. The standard InChI is InChI=1S/C28H40N6/c1-4-14-33(15-5-2)16-6-7-23-17-25-9-8-24(19-26(25)18-23)20-34(21-27-29-10-11-30-27)22(3)28-31-12-13-32-28/h8-13,18-19,22H,4-7,14-17,20-21H2,1-3H3,(H,29,30)(H,31,32). The van der Waals surface area contributed by atoms with Gasteiger partial charge in [0.05, 0.1) is 12.6 Å². The van der Waals surface area contributed by atoms with Crippen LogP contribution in [0.5, 0.6) is 0 Å². The summed E-state index contributed by atoms with van der Waals surface area (Å²) in [5, 5.41) is 0. The number of imidazole rings is 2. The molecule has 0 saturated carbocycles. The first kappa shape index (κ1) is 24.4. The predicted molar refractivity (Wildman–Crippen MR) is 139 cm³/mol. The fourth-order valence-corrected chi connectivity index (χ4v) is 5.03. The van der Waals surface area contributed by atoms with Crippen LogP contribution in [0.2, 0.25) is 0 Å². The van der Waals surface area contributed by atoms with Gasteiger partial charge in [0.2, 0.25) is 0 Å². The first-order chi connectivity index (χ1) is 16.7. The SMILES string of the molecule is CCCN(CCC)CCCC1=Cc2cc(CN(Cc3ncc[nH]3)C(C)c3ncc[nH]3)ccc2C1. The van der Waals surface area contributed by atoms with Crippen LogP contribution < -0.4 is 0 Å². The lowest BCUT2D eigenvalue weighted by Crippen LogP contribution is -2.27. The predicted octanol–water partition coefficient (Wildman–Crippen LogP) is 5.74. The van der Waals surface area contributed by atoms with E-state index in [1.165, 1.54) is 62.0 Å². The second kappa shape index (κ2) is 12.1. The van der Waals surface area contributed by atoms with E-state index in [4.69, 9.17) is 0 Å². The third-order valence-electron chi connectivity index (χ3n) is 6.80. The van der Waals surface area contributed by atoms with Gasteiger partial charge in [0, 0.05) is 31.3 Å². The highest BCUT2D eigenvalue weighted by molar-refractivity contribution is 5.64. The summed E-state index contributed by atoms with van der Waals surface area (Å²) in [6.07, 6.45) is 15.9. The summed E-state index contributed by atoms with van der Waals surface area (Å²) < 4.78 is 0.